The van der Waals surface area contributed by atoms with Crippen LogP contribution >= 0.6 is 0 Å². The number of anilines is 1. The van der Waals surface area contributed by atoms with Crippen molar-refractivity contribution >= 4 is 23.1 Å². The Morgan fingerprint density at radius 2 is 1.85 bits per heavy atom. The number of ether oxygens (including phenoxy) is 1. The van der Waals surface area contributed by atoms with E-state index in [2.05, 4.69) is 0 Å². The summed E-state index contributed by atoms with van der Waals surface area (Å²) in [5, 5.41) is 11.1. The van der Waals surface area contributed by atoms with Gasteiger partial charge in [0.1, 0.15) is 40.7 Å². The molecular formula is C25H21F2NO5. The molecule has 170 valence electrons. The maximum Gasteiger partial charge on any atom is 0.300 e. The highest BCUT2D eigenvalue weighted by molar-refractivity contribution is 6.51. The van der Waals surface area contributed by atoms with E-state index in [1.54, 1.807) is 38.1 Å². The van der Waals surface area contributed by atoms with E-state index in [1.165, 1.54) is 6.07 Å². The molecule has 1 amide bonds. The Labute approximate surface area is 188 Å². The average Bonchev–Trinajstić information content (AvgIpc) is 3.32. The van der Waals surface area contributed by atoms with E-state index in [4.69, 9.17) is 9.15 Å². The van der Waals surface area contributed by atoms with E-state index in [9.17, 15) is 23.5 Å². The van der Waals surface area contributed by atoms with Crippen LogP contribution in [0.3, 0.4) is 0 Å². The molecule has 0 aliphatic carbocycles. The van der Waals surface area contributed by atoms with Gasteiger partial charge in [-0.15, -0.1) is 0 Å². The summed E-state index contributed by atoms with van der Waals surface area (Å²) in [5.41, 5.74) is 0.248. The predicted molar refractivity (Wildman–Crippen MR) is 117 cm³/mol. The number of hydrogen-bond donors (Lipinski definition) is 1. The van der Waals surface area contributed by atoms with Crippen LogP contribution < -0.4 is 9.64 Å². The van der Waals surface area contributed by atoms with Crippen molar-refractivity contribution < 1.29 is 32.6 Å². The van der Waals surface area contributed by atoms with Gasteiger partial charge in [-0.25, -0.2) is 8.78 Å². The summed E-state index contributed by atoms with van der Waals surface area (Å²) in [6, 6.07) is 9.24. The maximum atomic E-state index is 14.6. The average molecular weight is 453 g/mol. The van der Waals surface area contributed by atoms with E-state index in [-0.39, 0.29) is 16.9 Å². The Hall–Kier alpha value is -3.94. The molecule has 0 spiro atoms. The van der Waals surface area contributed by atoms with Crippen LogP contribution in [0.2, 0.25) is 0 Å². The monoisotopic (exact) mass is 453 g/mol. The van der Waals surface area contributed by atoms with Crippen LogP contribution in [-0.4, -0.2) is 23.4 Å². The normalized spacial score (nSPS) is 17.6. The third-order valence-corrected chi connectivity index (χ3v) is 5.39. The second kappa shape index (κ2) is 8.54. The second-order valence-corrected chi connectivity index (χ2v) is 7.63. The van der Waals surface area contributed by atoms with E-state index < -0.39 is 40.8 Å². The highest BCUT2D eigenvalue weighted by Gasteiger charge is 2.49. The third-order valence-electron chi connectivity index (χ3n) is 5.39. The number of furan rings is 1. The van der Waals surface area contributed by atoms with Gasteiger partial charge in [0, 0.05) is 11.6 Å². The lowest BCUT2D eigenvalue weighted by Gasteiger charge is -2.24. The first-order chi connectivity index (χ1) is 15.7. The molecule has 1 atom stereocenters. The van der Waals surface area contributed by atoms with Crippen molar-refractivity contribution in [2.75, 3.05) is 11.5 Å². The molecule has 2 heterocycles. The molecule has 0 radical (unpaired) electrons. The smallest absolute Gasteiger partial charge is 0.300 e. The topological polar surface area (TPSA) is 80.0 Å². The molecule has 1 saturated heterocycles. The van der Waals surface area contributed by atoms with Crippen LogP contribution in [0.25, 0.3) is 5.76 Å². The Morgan fingerprint density at radius 3 is 2.48 bits per heavy atom. The van der Waals surface area contributed by atoms with Crippen LogP contribution in [0.1, 0.15) is 35.6 Å². The van der Waals surface area contributed by atoms with Crippen molar-refractivity contribution in [3.05, 3.63) is 88.4 Å². The minimum atomic E-state index is -1.29. The van der Waals surface area contributed by atoms with E-state index in [0.29, 0.717) is 23.7 Å². The van der Waals surface area contributed by atoms with Crippen LogP contribution in [0.15, 0.2) is 58.5 Å². The fraction of sp³-hybridized carbons (Fsp3) is 0.200. The molecular weight excluding hydrogens is 432 g/mol. The molecule has 1 aliphatic rings. The van der Waals surface area contributed by atoms with E-state index >= 15 is 0 Å². The minimum absolute atomic E-state index is 0.125. The van der Waals surface area contributed by atoms with Gasteiger partial charge >= 0.3 is 0 Å². The number of nitrogens with zero attached hydrogens (tertiary/aromatic N) is 1. The maximum absolute atomic E-state index is 14.6. The van der Waals surface area contributed by atoms with Crippen molar-refractivity contribution in [1.82, 2.24) is 0 Å². The summed E-state index contributed by atoms with van der Waals surface area (Å²) in [6.45, 7) is 5.73. The molecule has 1 aliphatic heterocycles. The fourth-order valence-corrected chi connectivity index (χ4v) is 3.89. The number of rotatable bonds is 5. The van der Waals surface area contributed by atoms with Crippen molar-refractivity contribution in [3.63, 3.8) is 0 Å². The molecule has 33 heavy (non-hydrogen) atoms. The summed E-state index contributed by atoms with van der Waals surface area (Å²) in [4.78, 5) is 26.9. The van der Waals surface area contributed by atoms with Gasteiger partial charge in [0.25, 0.3) is 11.7 Å². The number of aryl methyl sites for hydroxylation is 2. The number of hydrogen-bond acceptors (Lipinski definition) is 5. The van der Waals surface area contributed by atoms with Crippen molar-refractivity contribution in [2.24, 2.45) is 0 Å². The molecule has 2 aromatic carbocycles. The number of halogens is 2. The van der Waals surface area contributed by atoms with Gasteiger partial charge in [-0.2, -0.15) is 0 Å². The first-order valence-corrected chi connectivity index (χ1v) is 10.3. The Bertz CT molecular complexity index is 1290. The fourth-order valence-electron chi connectivity index (χ4n) is 3.89. The van der Waals surface area contributed by atoms with Gasteiger partial charge in [0.05, 0.1) is 17.9 Å². The molecule has 8 heteroatoms. The lowest BCUT2D eigenvalue weighted by atomic mass is 9.98. The van der Waals surface area contributed by atoms with Gasteiger partial charge in [-0.1, -0.05) is 0 Å². The first kappa shape index (κ1) is 22.3. The zero-order valence-electron chi connectivity index (χ0n) is 18.2. The quantitative estimate of drug-likeness (QED) is 0.326. The number of ketones is 1. The zero-order chi connectivity index (χ0) is 23.9. The Kier molecular flexibility index (Phi) is 5.76. The van der Waals surface area contributed by atoms with Gasteiger partial charge in [-0.05, 0) is 68.8 Å². The molecule has 6 nitrogen and oxygen atoms in total. The number of carbonyl (C=O) groups excluding carboxylic acids is 2. The zero-order valence-corrected chi connectivity index (χ0v) is 18.2. The number of aliphatic hydroxyl groups is 1. The molecule has 0 saturated carbocycles. The summed E-state index contributed by atoms with van der Waals surface area (Å²) in [6.07, 6.45) is 0. The number of amides is 1. The van der Waals surface area contributed by atoms with Crippen molar-refractivity contribution in [2.45, 2.75) is 26.8 Å². The molecule has 0 bridgehead atoms. The predicted octanol–water partition coefficient (Wildman–Crippen LogP) is 5.20. The SMILES string of the molecule is CCOc1ccc(/C(O)=C2/C(=O)C(=O)N(c3cc(F)ccc3F)C2c2ccc(C)o2)cc1C. The molecule has 1 aromatic heterocycles. The first-order valence-electron chi connectivity index (χ1n) is 10.3. The number of carbonyl (C=O) groups is 2. The van der Waals surface area contributed by atoms with Crippen LogP contribution in [0.4, 0.5) is 14.5 Å². The number of aliphatic hydroxyl groups excluding tert-OH is 1. The summed E-state index contributed by atoms with van der Waals surface area (Å²) < 4.78 is 39.7. The highest BCUT2D eigenvalue weighted by atomic mass is 19.1. The van der Waals surface area contributed by atoms with Crippen molar-refractivity contribution in [3.8, 4) is 5.75 Å². The lowest BCUT2D eigenvalue weighted by Crippen LogP contribution is -2.30. The van der Waals surface area contributed by atoms with Crippen LogP contribution in [0, 0.1) is 25.5 Å². The van der Waals surface area contributed by atoms with E-state index in [1.807, 2.05) is 6.92 Å². The van der Waals surface area contributed by atoms with E-state index in [0.717, 1.165) is 23.1 Å². The van der Waals surface area contributed by atoms with Gasteiger partial charge in [-0.3, -0.25) is 14.5 Å². The molecule has 3 aromatic rings. The van der Waals surface area contributed by atoms with Crippen LogP contribution in [0.5, 0.6) is 5.75 Å². The highest BCUT2D eigenvalue weighted by Crippen LogP contribution is 2.43. The van der Waals surface area contributed by atoms with Gasteiger partial charge in [0.2, 0.25) is 0 Å². The third kappa shape index (κ3) is 3.88. The summed E-state index contributed by atoms with van der Waals surface area (Å²) >= 11 is 0. The van der Waals surface area contributed by atoms with Gasteiger partial charge < -0.3 is 14.3 Å². The Morgan fingerprint density at radius 1 is 1.09 bits per heavy atom. The molecule has 4 rings (SSSR count). The number of benzene rings is 2. The Balaban J connectivity index is 1.93. The van der Waals surface area contributed by atoms with Gasteiger partial charge in [0.15, 0.2) is 0 Å². The van der Waals surface area contributed by atoms with Crippen LogP contribution in [-0.2, 0) is 9.59 Å². The molecule has 1 fully saturated rings. The van der Waals surface area contributed by atoms with Crippen molar-refractivity contribution in [1.29, 1.82) is 0 Å². The standard InChI is InChI=1S/C25H21F2NO5/c1-4-32-19-10-6-15(11-13(19)2)23(29)21-22(20-9-5-14(3)33-20)28(25(31)24(21)30)18-12-16(26)7-8-17(18)27/h5-12,22,29H,4H2,1-3H3/b23-21-. The second-order valence-electron chi connectivity index (χ2n) is 7.63. The summed E-state index contributed by atoms with van der Waals surface area (Å²) in [5.74, 6) is -3.09. The minimum Gasteiger partial charge on any atom is -0.507 e. The molecule has 1 unspecified atom stereocenters. The largest absolute Gasteiger partial charge is 0.507 e. The number of Topliss-reactive ketones (excluding diaryl/α,β-unsaturated/α-hetero) is 1. The lowest BCUT2D eigenvalue weighted by molar-refractivity contribution is -0.132. The molecule has 1 N–H and O–H groups in total. The summed E-state index contributed by atoms with van der Waals surface area (Å²) in [7, 11) is 0.